The Labute approximate surface area is 166 Å². The summed E-state index contributed by atoms with van der Waals surface area (Å²) in [5.41, 5.74) is 5.30. The number of halogens is 1. The minimum atomic E-state index is -0.947. The highest BCUT2D eigenvalue weighted by atomic mass is 35.5. The largest absolute Gasteiger partial charge is 0.370 e. The molecule has 0 saturated carbocycles. The fraction of sp³-hybridized carbons (Fsp3) is 0.421. The predicted molar refractivity (Wildman–Crippen MR) is 107 cm³/mol. The van der Waals surface area contributed by atoms with E-state index in [0.717, 1.165) is 22.9 Å². The number of piperidine rings is 1. The molecular formula is C19H22ClN3O3S. The van der Waals surface area contributed by atoms with Gasteiger partial charge in [0, 0.05) is 22.8 Å². The molecule has 1 fully saturated rings. The Kier molecular flexibility index (Phi) is 6.01. The summed E-state index contributed by atoms with van der Waals surface area (Å²) < 4.78 is 0.885. The van der Waals surface area contributed by atoms with Crippen LogP contribution in [-0.2, 0) is 9.59 Å². The minimum Gasteiger partial charge on any atom is -0.370 e. The zero-order valence-electron chi connectivity index (χ0n) is 15.0. The third-order valence-electron chi connectivity index (χ3n) is 4.81. The second kappa shape index (κ2) is 8.27. The van der Waals surface area contributed by atoms with Crippen molar-refractivity contribution in [2.75, 3.05) is 13.1 Å². The van der Waals surface area contributed by atoms with E-state index in [9.17, 15) is 14.4 Å². The molecule has 8 heteroatoms. The zero-order chi connectivity index (χ0) is 19.6. The van der Waals surface area contributed by atoms with E-state index in [2.05, 4.69) is 12.2 Å². The quantitative estimate of drug-likeness (QED) is 0.798. The first-order chi connectivity index (χ1) is 12.8. The van der Waals surface area contributed by atoms with Gasteiger partial charge in [-0.15, -0.1) is 11.3 Å². The Bertz CT molecular complexity index is 874. The van der Waals surface area contributed by atoms with Gasteiger partial charge in [0.15, 0.2) is 0 Å². The van der Waals surface area contributed by atoms with Gasteiger partial charge >= 0.3 is 0 Å². The van der Waals surface area contributed by atoms with Crippen LogP contribution >= 0.6 is 22.9 Å². The van der Waals surface area contributed by atoms with Gasteiger partial charge in [-0.25, -0.2) is 0 Å². The molecule has 27 heavy (non-hydrogen) atoms. The number of hydrogen-bond donors (Lipinski definition) is 2. The highest BCUT2D eigenvalue weighted by Gasteiger charge is 2.30. The van der Waals surface area contributed by atoms with Gasteiger partial charge in [-0.2, -0.15) is 0 Å². The molecule has 1 aromatic carbocycles. The normalized spacial score (nSPS) is 16.3. The van der Waals surface area contributed by atoms with Crippen molar-refractivity contribution in [3.05, 3.63) is 34.2 Å². The number of rotatable bonds is 5. The monoisotopic (exact) mass is 407 g/mol. The summed E-state index contributed by atoms with van der Waals surface area (Å²) in [7, 11) is 0. The maximum Gasteiger partial charge on any atom is 0.262 e. The zero-order valence-corrected chi connectivity index (χ0v) is 16.6. The average Bonchev–Trinajstić information content (AvgIpc) is 3.04. The first-order valence-electron chi connectivity index (χ1n) is 8.90. The number of likely N-dealkylation sites (tertiary alicyclic amines) is 1. The minimum absolute atomic E-state index is 0.215. The summed E-state index contributed by atoms with van der Waals surface area (Å²) in [6, 6.07) is 6.19. The Morgan fingerprint density at radius 2 is 2.00 bits per heavy atom. The van der Waals surface area contributed by atoms with Crippen molar-refractivity contribution in [2.45, 2.75) is 32.2 Å². The lowest BCUT2D eigenvalue weighted by Gasteiger charge is -2.33. The number of carbonyl (C=O) groups excluding carboxylic acids is 3. The summed E-state index contributed by atoms with van der Waals surface area (Å²) in [6.07, 6.45) is 1.62. The molecule has 3 amide bonds. The molecule has 2 heterocycles. The number of fused-ring (bicyclic) bond motifs is 1. The number of hydrogen-bond acceptors (Lipinski definition) is 4. The number of nitrogens with one attached hydrogen (secondary N) is 1. The Balaban J connectivity index is 1.75. The van der Waals surface area contributed by atoms with Crippen molar-refractivity contribution in [3.8, 4) is 0 Å². The first-order valence-corrected chi connectivity index (χ1v) is 10.1. The smallest absolute Gasteiger partial charge is 0.262 e. The van der Waals surface area contributed by atoms with Gasteiger partial charge in [0.25, 0.3) is 5.91 Å². The van der Waals surface area contributed by atoms with Crippen LogP contribution in [0, 0.1) is 5.92 Å². The lowest BCUT2D eigenvalue weighted by atomic mass is 9.98. The predicted octanol–water partition coefficient (Wildman–Crippen LogP) is 2.79. The van der Waals surface area contributed by atoms with Gasteiger partial charge in [-0.1, -0.05) is 24.6 Å². The number of thiophene rings is 1. The van der Waals surface area contributed by atoms with E-state index in [-0.39, 0.29) is 12.3 Å². The van der Waals surface area contributed by atoms with E-state index in [1.807, 2.05) is 6.07 Å². The molecule has 0 bridgehead atoms. The van der Waals surface area contributed by atoms with Crippen molar-refractivity contribution in [1.29, 1.82) is 0 Å². The lowest BCUT2D eigenvalue weighted by molar-refractivity contribution is -0.136. The van der Waals surface area contributed by atoms with Crippen LogP contribution in [0.15, 0.2) is 24.3 Å². The number of carbonyl (C=O) groups is 3. The molecule has 2 aromatic rings. The number of benzene rings is 1. The van der Waals surface area contributed by atoms with Crippen LogP contribution in [0.1, 0.15) is 35.9 Å². The van der Waals surface area contributed by atoms with Crippen molar-refractivity contribution >= 4 is 50.7 Å². The van der Waals surface area contributed by atoms with Crippen molar-refractivity contribution in [3.63, 3.8) is 0 Å². The summed E-state index contributed by atoms with van der Waals surface area (Å²) in [5, 5.41) is 4.19. The van der Waals surface area contributed by atoms with E-state index in [4.69, 9.17) is 17.3 Å². The van der Waals surface area contributed by atoms with Crippen LogP contribution in [-0.4, -0.2) is 41.8 Å². The summed E-state index contributed by atoms with van der Waals surface area (Å²) in [6.45, 7) is 3.41. The van der Waals surface area contributed by atoms with Crippen LogP contribution in [0.2, 0.25) is 5.02 Å². The molecule has 144 valence electrons. The standard InChI is InChI=1S/C19H22ClN3O3S/c1-11-4-6-23(7-5-11)19(26)14(10-17(21)24)22-18(25)16-8-12-2-3-13(20)9-15(12)27-16/h2-3,8-9,11,14H,4-7,10H2,1H3,(H2,21,24)(H,22,25)/t14-/m1/s1. The van der Waals surface area contributed by atoms with E-state index in [1.54, 1.807) is 23.1 Å². The number of nitrogens with two attached hydrogens (primary N) is 1. The fourth-order valence-electron chi connectivity index (χ4n) is 3.20. The van der Waals surface area contributed by atoms with Gasteiger partial charge in [0.1, 0.15) is 6.04 Å². The van der Waals surface area contributed by atoms with E-state index < -0.39 is 17.9 Å². The Morgan fingerprint density at radius 1 is 1.30 bits per heavy atom. The molecule has 1 saturated heterocycles. The van der Waals surface area contributed by atoms with Crippen LogP contribution in [0.5, 0.6) is 0 Å². The molecule has 1 aliphatic heterocycles. The molecule has 0 spiro atoms. The van der Waals surface area contributed by atoms with Crippen LogP contribution in [0.3, 0.4) is 0 Å². The van der Waals surface area contributed by atoms with Crippen LogP contribution in [0.25, 0.3) is 10.1 Å². The van der Waals surface area contributed by atoms with Crippen molar-refractivity contribution in [2.24, 2.45) is 11.7 Å². The molecule has 0 unspecified atom stereocenters. The molecule has 1 aromatic heterocycles. The Morgan fingerprint density at radius 3 is 2.67 bits per heavy atom. The topological polar surface area (TPSA) is 92.5 Å². The van der Waals surface area contributed by atoms with Crippen molar-refractivity contribution < 1.29 is 14.4 Å². The molecule has 1 atom stereocenters. The third-order valence-corrected chi connectivity index (χ3v) is 6.14. The highest BCUT2D eigenvalue weighted by Crippen LogP contribution is 2.28. The van der Waals surface area contributed by atoms with Crippen LogP contribution < -0.4 is 11.1 Å². The molecule has 0 radical (unpaired) electrons. The molecule has 3 N–H and O–H groups in total. The average molecular weight is 408 g/mol. The van der Waals surface area contributed by atoms with Crippen molar-refractivity contribution in [1.82, 2.24) is 10.2 Å². The number of nitrogens with zero attached hydrogens (tertiary/aromatic N) is 1. The van der Waals surface area contributed by atoms with Gasteiger partial charge in [-0.3, -0.25) is 14.4 Å². The molecule has 1 aliphatic rings. The summed E-state index contributed by atoms with van der Waals surface area (Å²) in [5.74, 6) is -0.693. The molecule has 6 nitrogen and oxygen atoms in total. The maximum absolute atomic E-state index is 12.8. The Hall–Kier alpha value is -2.12. The fourth-order valence-corrected chi connectivity index (χ4v) is 4.44. The van der Waals surface area contributed by atoms with Gasteiger partial charge in [0.05, 0.1) is 11.3 Å². The van der Waals surface area contributed by atoms with Gasteiger partial charge < -0.3 is 16.0 Å². The first kappa shape index (κ1) is 19.6. The molecular weight excluding hydrogens is 386 g/mol. The maximum atomic E-state index is 12.8. The van der Waals surface area contributed by atoms with Crippen LogP contribution in [0.4, 0.5) is 0 Å². The number of primary amides is 1. The van der Waals surface area contributed by atoms with Gasteiger partial charge in [0.2, 0.25) is 11.8 Å². The van der Waals surface area contributed by atoms with E-state index >= 15 is 0 Å². The number of amides is 3. The molecule has 3 rings (SSSR count). The third kappa shape index (κ3) is 4.78. The molecule has 0 aliphatic carbocycles. The van der Waals surface area contributed by atoms with E-state index in [1.165, 1.54) is 11.3 Å². The second-order valence-electron chi connectivity index (χ2n) is 7.00. The summed E-state index contributed by atoms with van der Waals surface area (Å²) >= 11 is 7.28. The SMILES string of the molecule is CC1CCN(C(=O)[C@@H](CC(N)=O)NC(=O)c2cc3ccc(Cl)cc3s2)CC1. The summed E-state index contributed by atoms with van der Waals surface area (Å²) in [4.78, 5) is 39.1. The highest BCUT2D eigenvalue weighted by molar-refractivity contribution is 7.20. The lowest BCUT2D eigenvalue weighted by Crippen LogP contribution is -2.51. The van der Waals surface area contributed by atoms with Gasteiger partial charge in [-0.05, 0) is 42.3 Å². The van der Waals surface area contributed by atoms with E-state index in [0.29, 0.717) is 28.9 Å². The second-order valence-corrected chi connectivity index (χ2v) is 8.52.